The van der Waals surface area contributed by atoms with Crippen molar-refractivity contribution in [2.75, 3.05) is 13.1 Å². The summed E-state index contributed by atoms with van der Waals surface area (Å²) in [5.41, 5.74) is 3.68. The van der Waals surface area contributed by atoms with Crippen molar-refractivity contribution in [3.8, 4) is 0 Å². The van der Waals surface area contributed by atoms with Gasteiger partial charge in [0.1, 0.15) is 0 Å². The Labute approximate surface area is 159 Å². The second-order valence-electron chi connectivity index (χ2n) is 7.41. The van der Waals surface area contributed by atoms with Gasteiger partial charge in [-0.1, -0.05) is 36.4 Å². The van der Waals surface area contributed by atoms with Crippen LogP contribution in [0.15, 0.2) is 60.9 Å². The Bertz CT molecular complexity index is 969. The van der Waals surface area contributed by atoms with Crippen LogP contribution in [0.3, 0.4) is 0 Å². The molecule has 2 aromatic carbocycles. The predicted octanol–water partition coefficient (Wildman–Crippen LogP) is 4.43. The quantitative estimate of drug-likeness (QED) is 0.748. The van der Waals surface area contributed by atoms with Gasteiger partial charge in [0.15, 0.2) is 0 Å². The van der Waals surface area contributed by atoms with Gasteiger partial charge in [-0.2, -0.15) is 0 Å². The SMILES string of the molecule is Cc1ccccc1C(c1ccc2cnccc2c1)N1CCCC(C(=O)O)C1. The van der Waals surface area contributed by atoms with E-state index in [0.717, 1.165) is 30.2 Å². The molecule has 0 radical (unpaired) electrons. The Morgan fingerprint density at radius 3 is 2.85 bits per heavy atom. The Balaban J connectivity index is 1.80. The van der Waals surface area contributed by atoms with Gasteiger partial charge >= 0.3 is 5.97 Å². The Kier molecular flexibility index (Phi) is 4.90. The van der Waals surface area contributed by atoms with E-state index in [-0.39, 0.29) is 12.0 Å². The van der Waals surface area contributed by atoms with Crippen molar-refractivity contribution in [3.63, 3.8) is 0 Å². The van der Waals surface area contributed by atoms with Crippen LogP contribution in [0.2, 0.25) is 0 Å². The molecule has 0 bridgehead atoms. The molecule has 4 heteroatoms. The maximum absolute atomic E-state index is 11.6. The Morgan fingerprint density at radius 1 is 1.19 bits per heavy atom. The van der Waals surface area contributed by atoms with Crippen LogP contribution in [-0.4, -0.2) is 34.0 Å². The van der Waals surface area contributed by atoms with E-state index in [2.05, 4.69) is 59.3 Å². The molecule has 0 spiro atoms. The van der Waals surface area contributed by atoms with E-state index in [4.69, 9.17) is 0 Å². The molecule has 4 rings (SSSR count). The number of fused-ring (bicyclic) bond motifs is 1. The molecule has 3 aromatic rings. The summed E-state index contributed by atoms with van der Waals surface area (Å²) in [5, 5.41) is 11.8. The molecule has 2 atom stereocenters. The number of aliphatic carboxylic acids is 1. The summed E-state index contributed by atoms with van der Waals surface area (Å²) in [6.07, 6.45) is 5.37. The van der Waals surface area contributed by atoms with Gasteiger partial charge in [0.2, 0.25) is 0 Å². The van der Waals surface area contributed by atoms with Crippen LogP contribution in [0.25, 0.3) is 10.8 Å². The lowest BCUT2D eigenvalue weighted by Gasteiger charge is -2.38. The molecule has 1 aromatic heterocycles. The normalized spacial score (nSPS) is 19.1. The van der Waals surface area contributed by atoms with E-state index in [1.807, 2.05) is 18.5 Å². The number of benzene rings is 2. The standard InChI is InChI=1S/C23H24N2O2/c1-16-5-2-3-7-21(16)22(25-12-4-6-20(15-25)23(26)27)18-8-9-19-14-24-11-10-17(19)13-18/h2-3,5,7-11,13-14,20,22H,4,6,12,15H2,1H3,(H,26,27). The van der Waals surface area contributed by atoms with Gasteiger partial charge < -0.3 is 5.11 Å². The first-order chi connectivity index (χ1) is 13.1. The lowest BCUT2D eigenvalue weighted by molar-refractivity contribution is -0.143. The number of rotatable bonds is 4. The van der Waals surface area contributed by atoms with Gasteiger partial charge in [-0.15, -0.1) is 0 Å². The molecular weight excluding hydrogens is 336 g/mol. The highest BCUT2D eigenvalue weighted by Gasteiger charge is 2.31. The van der Waals surface area contributed by atoms with Crippen LogP contribution in [-0.2, 0) is 4.79 Å². The lowest BCUT2D eigenvalue weighted by atomic mass is 9.89. The number of carboxylic acids is 1. The number of pyridine rings is 1. The summed E-state index contributed by atoms with van der Waals surface area (Å²) in [5.74, 6) is -0.984. The third-order valence-electron chi connectivity index (χ3n) is 5.63. The molecule has 0 amide bonds. The Hall–Kier alpha value is -2.72. The average Bonchev–Trinajstić information content (AvgIpc) is 2.70. The fraction of sp³-hybridized carbons (Fsp3) is 0.304. The van der Waals surface area contributed by atoms with Crippen molar-refractivity contribution < 1.29 is 9.90 Å². The summed E-state index contributed by atoms with van der Waals surface area (Å²) in [7, 11) is 0. The van der Waals surface area contributed by atoms with E-state index < -0.39 is 5.97 Å². The predicted molar refractivity (Wildman–Crippen MR) is 107 cm³/mol. The largest absolute Gasteiger partial charge is 0.481 e. The molecule has 0 saturated carbocycles. The maximum Gasteiger partial charge on any atom is 0.307 e. The molecule has 1 saturated heterocycles. The number of likely N-dealkylation sites (tertiary alicyclic amines) is 1. The average molecular weight is 360 g/mol. The van der Waals surface area contributed by atoms with Crippen molar-refractivity contribution in [1.82, 2.24) is 9.88 Å². The first-order valence-electron chi connectivity index (χ1n) is 9.49. The van der Waals surface area contributed by atoms with Crippen LogP contribution in [0.5, 0.6) is 0 Å². The lowest BCUT2D eigenvalue weighted by Crippen LogP contribution is -2.41. The molecule has 2 heterocycles. The first-order valence-corrected chi connectivity index (χ1v) is 9.49. The zero-order valence-corrected chi connectivity index (χ0v) is 15.5. The Morgan fingerprint density at radius 2 is 2.04 bits per heavy atom. The minimum absolute atomic E-state index is 0.0610. The molecule has 0 aliphatic carbocycles. The highest BCUT2D eigenvalue weighted by atomic mass is 16.4. The monoisotopic (exact) mass is 360 g/mol. The van der Waals surface area contributed by atoms with Gasteiger partial charge in [0.05, 0.1) is 12.0 Å². The highest BCUT2D eigenvalue weighted by Crippen LogP contribution is 2.35. The zero-order chi connectivity index (χ0) is 18.8. The van der Waals surface area contributed by atoms with E-state index in [1.54, 1.807) is 0 Å². The number of piperidine rings is 1. The third-order valence-corrected chi connectivity index (χ3v) is 5.63. The van der Waals surface area contributed by atoms with Crippen molar-refractivity contribution in [1.29, 1.82) is 0 Å². The van der Waals surface area contributed by atoms with Crippen LogP contribution < -0.4 is 0 Å². The number of carbonyl (C=O) groups is 1. The second kappa shape index (κ2) is 7.49. The number of aromatic nitrogens is 1. The molecule has 1 fully saturated rings. The number of nitrogens with zero attached hydrogens (tertiary/aromatic N) is 2. The fourth-order valence-electron chi connectivity index (χ4n) is 4.20. The van der Waals surface area contributed by atoms with E-state index in [1.165, 1.54) is 16.7 Å². The summed E-state index contributed by atoms with van der Waals surface area (Å²) >= 11 is 0. The maximum atomic E-state index is 11.6. The van der Waals surface area contributed by atoms with Gasteiger partial charge in [-0.3, -0.25) is 14.7 Å². The van der Waals surface area contributed by atoms with Crippen LogP contribution in [0, 0.1) is 12.8 Å². The molecule has 2 unspecified atom stereocenters. The molecule has 4 nitrogen and oxygen atoms in total. The summed E-state index contributed by atoms with van der Waals surface area (Å²) in [4.78, 5) is 18.1. The van der Waals surface area contributed by atoms with Crippen LogP contribution in [0.1, 0.15) is 35.6 Å². The molecule has 27 heavy (non-hydrogen) atoms. The van der Waals surface area contributed by atoms with E-state index in [9.17, 15) is 9.90 Å². The van der Waals surface area contributed by atoms with Crippen molar-refractivity contribution in [2.45, 2.75) is 25.8 Å². The number of hydrogen-bond donors (Lipinski definition) is 1. The smallest absolute Gasteiger partial charge is 0.307 e. The number of aryl methyl sites for hydroxylation is 1. The summed E-state index contributed by atoms with van der Waals surface area (Å²) in [6, 6.07) is 17.0. The molecule has 1 aliphatic heterocycles. The fourth-order valence-corrected chi connectivity index (χ4v) is 4.20. The van der Waals surface area contributed by atoms with Gasteiger partial charge in [-0.05, 0) is 60.5 Å². The van der Waals surface area contributed by atoms with Crippen molar-refractivity contribution in [3.05, 3.63) is 77.6 Å². The molecule has 138 valence electrons. The molecule has 1 aliphatic rings. The molecule has 1 N–H and O–H groups in total. The van der Waals surface area contributed by atoms with Gasteiger partial charge in [0.25, 0.3) is 0 Å². The van der Waals surface area contributed by atoms with Crippen molar-refractivity contribution >= 4 is 16.7 Å². The highest BCUT2D eigenvalue weighted by molar-refractivity contribution is 5.82. The van der Waals surface area contributed by atoms with Gasteiger partial charge in [-0.25, -0.2) is 0 Å². The van der Waals surface area contributed by atoms with Crippen molar-refractivity contribution in [2.24, 2.45) is 5.92 Å². The van der Waals surface area contributed by atoms with E-state index in [0.29, 0.717) is 6.54 Å². The minimum atomic E-state index is -0.687. The summed E-state index contributed by atoms with van der Waals surface area (Å²) < 4.78 is 0. The minimum Gasteiger partial charge on any atom is -0.481 e. The number of carboxylic acid groups (broad SMARTS) is 1. The number of hydrogen-bond acceptors (Lipinski definition) is 3. The van der Waals surface area contributed by atoms with E-state index >= 15 is 0 Å². The topological polar surface area (TPSA) is 53.4 Å². The molecular formula is C23H24N2O2. The van der Waals surface area contributed by atoms with Crippen LogP contribution in [0.4, 0.5) is 0 Å². The van der Waals surface area contributed by atoms with Crippen LogP contribution >= 0.6 is 0 Å². The van der Waals surface area contributed by atoms with Gasteiger partial charge in [0, 0.05) is 24.3 Å². The second-order valence-corrected chi connectivity index (χ2v) is 7.41. The zero-order valence-electron chi connectivity index (χ0n) is 15.5. The first kappa shape index (κ1) is 17.7. The third kappa shape index (κ3) is 3.58. The summed E-state index contributed by atoms with van der Waals surface area (Å²) in [6.45, 7) is 3.63.